The van der Waals surface area contributed by atoms with E-state index in [0.29, 0.717) is 0 Å². The molecule has 3 aromatic rings. The summed E-state index contributed by atoms with van der Waals surface area (Å²) in [5.41, 5.74) is 4.81. The van der Waals surface area contributed by atoms with Crippen LogP contribution in [0.15, 0.2) is 48.5 Å². The summed E-state index contributed by atoms with van der Waals surface area (Å²) in [6, 6.07) is 16.1. The van der Waals surface area contributed by atoms with Gasteiger partial charge in [0.05, 0.1) is 5.02 Å². The first-order valence-corrected chi connectivity index (χ1v) is 10.0. The van der Waals surface area contributed by atoms with E-state index in [-0.39, 0.29) is 10.8 Å². The van der Waals surface area contributed by atoms with Crippen LogP contribution in [0.3, 0.4) is 0 Å². The maximum Gasteiger partial charge on any atom is 0.142 e. The van der Waals surface area contributed by atoms with Crippen molar-refractivity contribution in [3.63, 3.8) is 0 Å². The van der Waals surface area contributed by atoms with Gasteiger partial charge in [-0.1, -0.05) is 74.7 Å². The summed E-state index contributed by atoms with van der Waals surface area (Å²) in [5, 5.41) is 2.74. The smallest absolute Gasteiger partial charge is 0.142 e. The highest BCUT2D eigenvalue weighted by molar-refractivity contribution is 6.30. The molecule has 0 spiro atoms. The number of benzene rings is 3. The van der Waals surface area contributed by atoms with Crippen molar-refractivity contribution in [1.82, 2.24) is 0 Å². The van der Waals surface area contributed by atoms with Crippen LogP contribution in [0.25, 0.3) is 21.9 Å². The Labute approximate surface area is 161 Å². The van der Waals surface area contributed by atoms with Gasteiger partial charge in [-0.25, -0.2) is 4.39 Å². The third-order valence-corrected chi connectivity index (χ3v) is 5.33. The van der Waals surface area contributed by atoms with Crippen molar-refractivity contribution in [2.45, 2.75) is 52.4 Å². The molecule has 0 N–H and O–H groups in total. The second-order valence-electron chi connectivity index (χ2n) is 6.95. The van der Waals surface area contributed by atoms with Gasteiger partial charge in [-0.15, -0.1) is 0 Å². The molecule has 0 unspecified atom stereocenters. The molecule has 0 aliphatic rings. The lowest BCUT2D eigenvalue weighted by molar-refractivity contribution is 0.628. The minimum Gasteiger partial charge on any atom is -0.205 e. The zero-order valence-electron chi connectivity index (χ0n) is 15.6. The second kappa shape index (κ2) is 8.68. The molecule has 3 rings (SSSR count). The SMILES string of the molecule is CCCCc1cc2ccccc2c(CCCC)c1-c1ccc(Cl)c(F)c1. The molecule has 0 aliphatic carbocycles. The largest absolute Gasteiger partial charge is 0.205 e. The van der Waals surface area contributed by atoms with Gasteiger partial charge in [0, 0.05) is 0 Å². The standard InChI is InChI=1S/C24H26ClF/c1-3-5-9-18-15-17-10-7-8-12-20(17)21(11-6-4-2)24(18)19-13-14-22(25)23(26)16-19/h7-8,10,12-16H,3-6,9,11H2,1-2H3. The number of hydrogen-bond donors (Lipinski definition) is 0. The summed E-state index contributed by atoms with van der Waals surface area (Å²) in [6.45, 7) is 4.42. The van der Waals surface area contributed by atoms with Crippen LogP contribution < -0.4 is 0 Å². The van der Waals surface area contributed by atoms with E-state index in [9.17, 15) is 4.39 Å². The Morgan fingerprint density at radius 3 is 2.35 bits per heavy atom. The Morgan fingerprint density at radius 2 is 1.62 bits per heavy atom. The average Bonchev–Trinajstić information content (AvgIpc) is 2.66. The first-order valence-electron chi connectivity index (χ1n) is 9.64. The summed E-state index contributed by atoms with van der Waals surface area (Å²) in [4.78, 5) is 0. The third kappa shape index (κ3) is 3.94. The molecule has 0 aliphatic heterocycles. The average molecular weight is 369 g/mol. The van der Waals surface area contributed by atoms with Crippen molar-refractivity contribution < 1.29 is 4.39 Å². The highest BCUT2D eigenvalue weighted by Crippen LogP contribution is 2.37. The number of rotatable bonds is 7. The molecule has 136 valence electrons. The molecule has 3 aromatic carbocycles. The number of aryl methyl sites for hydroxylation is 2. The molecular weight excluding hydrogens is 343 g/mol. The van der Waals surface area contributed by atoms with E-state index in [1.54, 1.807) is 12.1 Å². The molecule has 0 amide bonds. The lowest BCUT2D eigenvalue weighted by Crippen LogP contribution is -2.00. The van der Waals surface area contributed by atoms with Crippen molar-refractivity contribution in [3.8, 4) is 11.1 Å². The number of hydrogen-bond acceptors (Lipinski definition) is 0. The fraction of sp³-hybridized carbons (Fsp3) is 0.333. The molecule has 0 heterocycles. The van der Waals surface area contributed by atoms with E-state index < -0.39 is 0 Å². The third-order valence-electron chi connectivity index (χ3n) is 5.03. The van der Waals surface area contributed by atoms with Gasteiger partial charge in [0.25, 0.3) is 0 Å². The van der Waals surface area contributed by atoms with E-state index in [1.807, 2.05) is 6.07 Å². The fourth-order valence-corrected chi connectivity index (χ4v) is 3.79. The predicted molar refractivity (Wildman–Crippen MR) is 112 cm³/mol. The first-order chi connectivity index (χ1) is 12.7. The van der Waals surface area contributed by atoms with Crippen LogP contribution in [0.5, 0.6) is 0 Å². The molecule has 0 fully saturated rings. The van der Waals surface area contributed by atoms with Gasteiger partial charge in [-0.05, 0) is 70.8 Å². The van der Waals surface area contributed by atoms with Crippen LogP contribution in [-0.4, -0.2) is 0 Å². The first kappa shape index (κ1) is 18.9. The summed E-state index contributed by atoms with van der Waals surface area (Å²) in [6.07, 6.45) is 6.57. The number of halogens is 2. The van der Waals surface area contributed by atoms with Gasteiger partial charge in [0.1, 0.15) is 5.82 Å². The molecule has 0 nitrogen and oxygen atoms in total. The minimum atomic E-state index is -0.347. The monoisotopic (exact) mass is 368 g/mol. The van der Waals surface area contributed by atoms with Gasteiger partial charge < -0.3 is 0 Å². The van der Waals surface area contributed by atoms with Crippen LogP contribution in [-0.2, 0) is 12.8 Å². The summed E-state index contributed by atoms with van der Waals surface area (Å²) in [5.74, 6) is -0.347. The maximum absolute atomic E-state index is 14.2. The van der Waals surface area contributed by atoms with Gasteiger partial charge in [-0.2, -0.15) is 0 Å². The minimum absolute atomic E-state index is 0.180. The Kier molecular flexibility index (Phi) is 6.32. The second-order valence-corrected chi connectivity index (χ2v) is 7.35. The normalized spacial score (nSPS) is 11.2. The number of unbranched alkanes of at least 4 members (excludes halogenated alkanes) is 2. The van der Waals surface area contributed by atoms with E-state index in [2.05, 4.69) is 44.2 Å². The van der Waals surface area contributed by atoms with Crippen LogP contribution in [0, 0.1) is 5.82 Å². The van der Waals surface area contributed by atoms with Crippen molar-refractivity contribution >= 4 is 22.4 Å². The maximum atomic E-state index is 14.2. The molecule has 0 aromatic heterocycles. The zero-order valence-corrected chi connectivity index (χ0v) is 16.4. The predicted octanol–water partition coefficient (Wildman–Crippen LogP) is 7.98. The lowest BCUT2D eigenvalue weighted by Gasteiger charge is -2.19. The van der Waals surface area contributed by atoms with Gasteiger partial charge >= 0.3 is 0 Å². The van der Waals surface area contributed by atoms with E-state index in [0.717, 1.165) is 44.1 Å². The van der Waals surface area contributed by atoms with Crippen LogP contribution in [0.1, 0.15) is 50.7 Å². The highest BCUT2D eigenvalue weighted by atomic mass is 35.5. The number of fused-ring (bicyclic) bond motifs is 1. The molecule has 0 atom stereocenters. The molecule has 0 saturated heterocycles. The van der Waals surface area contributed by atoms with Gasteiger partial charge in [0.2, 0.25) is 0 Å². The summed E-state index contributed by atoms with van der Waals surface area (Å²) in [7, 11) is 0. The molecule has 2 heteroatoms. The topological polar surface area (TPSA) is 0 Å². The van der Waals surface area contributed by atoms with Crippen molar-refractivity contribution in [3.05, 3.63) is 70.5 Å². The Hall–Kier alpha value is -1.86. The molecule has 0 radical (unpaired) electrons. The van der Waals surface area contributed by atoms with E-state index >= 15 is 0 Å². The van der Waals surface area contributed by atoms with Gasteiger partial charge in [-0.3, -0.25) is 0 Å². The van der Waals surface area contributed by atoms with Crippen molar-refractivity contribution in [2.75, 3.05) is 0 Å². The quantitative estimate of drug-likeness (QED) is 0.396. The molecular formula is C24H26ClF. The van der Waals surface area contributed by atoms with Crippen LogP contribution in [0.4, 0.5) is 4.39 Å². The van der Waals surface area contributed by atoms with E-state index in [4.69, 9.17) is 11.6 Å². The van der Waals surface area contributed by atoms with E-state index in [1.165, 1.54) is 27.5 Å². The lowest BCUT2D eigenvalue weighted by atomic mass is 9.85. The van der Waals surface area contributed by atoms with Gasteiger partial charge in [0.15, 0.2) is 0 Å². The molecule has 0 bridgehead atoms. The Balaban J connectivity index is 2.28. The highest BCUT2D eigenvalue weighted by Gasteiger charge is 2.16. The summed E-state index contributed by atoms with van der Waals surface area (Å²) < 4.78 is 14.2. The van der Waals surface area contributed by atoms with Crippen LogP contribution >= 0.6 is 11.6 Å². The summed E-state index contributed by atoms with van der Waals surface area (Å²) >= 11 is 5.93. The fourth-order valence-electron chi connectivity index (χ4n) is 3.67. The Morgan fingerprint density at radius 1 is 0.885 bits per heavy atom. The van der Waals surface area contributed by atoms with Crippen molar-refractivity contribution in [2.24, 2.45) is 0 Å². The molecule has 26 heavy (non-hydrogen) atoms. The Bertz CT molecular complexity index is 898. The van der Waals surface area contributed by atoms with Crippen LogP contribution in [0.2, 0.25) is 5.02 Å². The zero-order chi connectivity index (χ0) is 18.5. The molecule has 0 saturated carbocycles. The van der Waals surface area contributed by atoms with Crippen molar-refractivity contribution in [1.29, 1.82) is 0 Å².